The van der Waals surface area contributed by atoms with Crippen molar-refractivity contribution in [3.05, 3.63) is 45.0 Å². The Balaban J connectivity index is 1.66. The maximum atomic E-state index is 11.2. The molecule has 0 spiro atoms. The molecule has 0 aliphatic carbocycles. The molecule has 29 heavy (non-hydrogen) atoms. The minimum Gasteiger partial charge on any atom is -0.479 e. The fraction of sp³-hybridized carbons (Fsp3) is 0.294. The fourth-order valence-corrected chi connectivity index (χ4v) is 3.90. The van der Waals surface area contributed by atoms with Crippen LogP contribution in [-0.4, -0.2) is 59.1 Å². The van der Waals surface area contributed by atoms with E-state index in [2.05, 4.69) is 42.9 Å². The Morgan fingerprint density at radius 3 is 2.79 bits per heavy atom. The zero-order valence-corrected chi connectivity index (χ0v) is 17.5. The zero-order chi connectivity index (χ0) is 20.7. The molecule has 10 nitrogen and oxygen atoms in total. The van der Waals surface area contributed by atoms with Crippen molar-refractivity contribution in [1.82, 2.24) is 19.5 Å². The number of carboxylic acid groups (broad SMARTS) is 1. The third kappa shape index (κ3) is 3.88. The Morgan fingerprint density at radius 1 is 1.31 bits per heavy atom. The molecule has 2 aromatic heterocycles. The number of aliphatic hydroxyl groups is 2. The summed E-state index contributed by atoms with van der Waals surface area (Å²) in [4.78, 5) is 23.8. The summed E-state index contributed by atoms with van der Waals surface area (Å²) in [5.74, 6) is -1.00. The molecule has 1 aliphatic heterocycles. The molecule has 0 unspecified atom stereocenters. The van der Waals surface area contributed by atoms with E-state index in [1.54, 1.807) is 0 Å². The molecule has 0 amide bonds. The molecule has 4 atom stereocenters. The Labute approximate surface area is 182 Å². The molecule has 0 radical (unpaired) electrons. The molecule has 0 bridgehead atoms. The van der Waals surface area contributed by atoms with Crippen molar-refractivity contribution in [3.8, 4) is 0 Å². The normalized spacial score (nSPS) is 24.1. The highest BCUT2D eigenvalue weighted by atomic mass is 127. The third-order valence-corrected chi connectivity index (χ3v) is 5.34. The number of anilines is 1. The molecule has 1 aliphatic rings. The number of aliphatic carboxylic acids is 1. The summed E-state index contributed by atoms with van der Waals surface area (Å²) in [6.45, 7) is 0.467. The minimum atomic E-state index is -1.59. The van der Waals surface area contributed by atoms with Gasteiger partial charge in [-0.3, -0.25) is 4.57 Å². The second-order valence-corrected chi connectivity index (χ2v) is 8.00. The lowest BCUT2D eigenvalue weighted by Gasteiger charge is -2.16. The van der Waals surface area contributed by atoms with Crippen molar-refractivity contribution in [2.45, 2.75) is 31.1 Å². The van der Waals surface area contributed by atoms with Crippen LogP contribution in [0.4, 0.5) is 5.82 Å². The Bertz CT molecular complexity index is 1080. The van der Waals surface area contributed by atoms with E-state index >= 15 is 0 Å². The Kier molecular flexibility index (Phi) is 5.57. The van der Waals surface area contributed by atoms with E-state index < -0.39 is 30.5 Å². The quantitative estimate of drug-likeness (QED) is 0.284. The van der Waals surface area contributed by atoms with Crippen molar-refractivity contribution < 1.29 is 24.9 Å². The first kappa shape index (κ1) is 20.2. The van der Waals surface area contributed by atoms with Gasteiger partial charge in [0.2, 0.25) is 5.28 Å². The van der Waals surface area contributed by atoms with Crippen LogP contribution in [0.3, 0.4) is 0 Å². The minimum absolute atomic E-state index is 0.0628. The number of carboxylic acids is 1. The number of benzene rings is 1. The summed E-state index contributed by atoms with van der Waals surface area (Å²) < 4.78 is 7.74. The van der Waals surface area contributed by atoms with Crippen LogP contribution in [0.5, 0.6) is 0 Å². The second-order valence-electron chi connectivity index (χ2n) is 6.42. The molecule has 3 heterocycles. The smallest absolute Gasteiger partial charge is 0.335 e. The van der Waals surface area contributed by atoms with Gasteiger partial charge in [-0.25, -0.2) is 9.78 Å². The molecule has 1 saturated heterocycles. The monoisotopic (exact) mass is 531 g/mol. The van der Waals surface area contributed by atoms with Crippen LogP contribution in [0.15, 0.2) is 30.6 Å². The number of nitrogens with one attached hydrogen (secondary N) is 1. The van der Waals surface area contributed by atoms with Crippen LogP contribution in [-0.2, 0) is 16.1 Å². The van der Waals surface area contributed by atoms with Crippen molar-refractivity contribution in [2.24, 2.45) is 0 Å². The average Bonchev–Trinajstić information content (AvgIpc) is 3.21. The fourth-order valence-electron chi connectivity index (χ4n) is 3.13. The predicted octanol–water partition coefficient (Wildman–Crippen LogP) is 1.40. The Hall–Kier alpha value is -2.06. The summed E-state index contributed by atoms with van der Waals surface area (Å²) >= 11 is 8.28. The van der Waals surface area contributed by atoms with Gasteiger partial charge >= 0.3 is 5.97 Å². The molecule has 0 saturated carbocycles. The number of halogens is 2. The highest BCUT2D eigenvalue weighted by molar-refractivity contribution is 14.1. The van der Waals surface area contributed by atoms with Crippen molar-refractivity contribution >= 4 is 57.1 Å². The number of carbonyl (C=O) groups is 1. The van der Waals surface area contributed by atoms with E-state index in [0.717, 1.165) is 9.13 Å². The average molecular weight is 532 g/mol. The lowest BCUT2D eigenvalue weighted by Crippen LogP contribution is -2.35. The predicted molar refractivity (Wildman–Crippen MR) is 110 cm³/mol. The lowest BCUT2D eigenvalue weighted by molar-refractivity contribution is -0.155. The van der Waals surface area contributed by atoms with Crippen molar-refractivity contribution in [1.29, 1.82) is 0 Å². The second kappa shape index (κ2) is 7.99. The van der Waals surface area contributed by atoms with Gasteiger partial charge in [-0.05, 0) is 51.9 Å². The number of ether oxygens (including phenoxy) is 1. The third-order valence-electron chi connectivity index (χ3n) is 4.50. The number of fused-ring (bicyclic) bond motifs is 1. The van der Waals surface area contributed by atoms with Gasteiger partial charge < -0.3 is 25.4 Å². The SMILES string of the molecule is O=C(O)[C@H]1O[C@@H](n2cnc3c(NCc4cccc(I)c4)nc(Cl)nc32)[C@H](O)[C@@H]1O. The van der Waals surface area contributed by atoms with Crippen LogP contribution in [0.25, 0.3) is 11.2 Å². The highest BCUT2D eigenvalue weighted by Crippen LogP contribution is 2.33. The molecule has 4 N–H and O–H groups in total. The van der Waals surface area contributed by atoms with Gasteiger partial charge in [-0.2, -0.15) is 9.97 Å². The van der Waals surface area contributed by atoms with Crippen LogP contribution in [0.2, 0.25) is 5.28 Å². The molecular formula is C17H15ClIN5O5. The van der Waals surface area contributed by atoms with Gasteiger partial charge in [0.1, 0.15) is 12.2 Å². The van der Waals surface area contributed by atoms with Gasteiger partial charge in [0.05, 0.1) is 6.33 Å². The van der Waals surface area contributed by atoms with Crippen LogP contribution in [0, 0.1) is 3.57 Å². The van der Waals surface area contributed by atoms with E-state index in [-0.39, 0.29) is 10.9 Å². The largest absolute Gasteiger partial charge is 0.479 e. The van der Waals surface area contributed by atoms with E-state index in [9.17, 15) is 15.0 Å². The first-order chi connectivity index (χ1) is 13.8. The van der Waals surface area contributed by atoms with Gasteiger partial charge in [-0.1, -0.05) is 12.1 Å². The maximum absolute atomic E-state index is 11.2. The summed E-state index contributed by atoms with van der Waals surface area (Å²) in [6.07, 6.45) is -4.50. The first-order valence-electron chi connectivity index (χ1n) is 8.48. The summed E-state index contributed by atoms with van der Waals surface area (Å²) in [5.41, 5.74) is 1.63. The van der Waals surface area contributed by atoms with Crippen LogP contribution >= 0.6 is 34.2 Å². The molecule has 1 aromatic carbocycles. The van der Waals surface area contributed by atoms with Crippen LogP contribution in [0.1, 0.15) is 11.8 Å². The van der Waals surface area contributed by atoms with Crippen molar-refractivity contribution in [2.75, 3.05) is 5.32 Å². The summed E-state index contributed by atoms with van der Waals surface area (Å²) in [5, 5.41) is 32.4. The van der Waals surface area contributed by atoms with E-state index in [1.807, 2.05) is 24.3 Å². The van der Waals surface area contributed by atoms with Crippen LogP contribution < -0.4 is 5.32 Å². The molecule has 3 aromatic rings. The van der Waals surface area contributed by atoms with Gasteiger partial charge in [0, 0.05) is 10.1 Å². The van der Waals surface area contributed by atoms with Gasteiger partial charge in [0.25, 0.3) is 0 Å². The van der Waals surface area contributed by atoms with Crippen molar-refractivity contribution in [3.63, 3.8) is 0 Å². The summed E-state index contributed by atoms with van der Waals surface area (Å²) in [6, 6.07) is 7.91. The van der Waals surface area contributed by atoms with Gasteiger partial charge in [-0.15, -0.1) is 0 Å². The number of imidazole rings is 1. The maximum Gasteiger partial charge on any atom is 0.335 e. The number of hydrogen-bond acceptors (Lipinski definition) is 8. The molecule has 152 valence electrons. The molecule has 12 heteroatoms. The number of hydrogen-bond donors (Lipinski definition) is 4. The molecular weight excluding hydrogens is 517 g/mol. The van der Waals surface area contributed by atoms with E-state index in [1.165, 1.54) is 10.9 Å². The van der Waals surface area contributed by atoms with Gasteiger partial charge in [0.15, 0.2) is 29.3 Å². The number of aromatic nitrogens is 4. The van der Waals surface area contributed by atoms with E-state index in [4.69, 9.17) is 21.4 Å². The number of rotatable bonds is 5. The number of aliphatic hydroxyl groups excluding tert-OH is 2. The lowest BCUT2D eigenvalue weighted by atomic mass is 10.1. The Morgan fingerprint density at radius 2 is 2.10 bits per heavy atom. The highest BCUT2D eigenvalue weighted by Gasteiger charge is 2.48. The molecule has 4 rings (SSSR count). The molecule has 1 fully saturated rings. The topological polar surface area (TPSA) is 143 Å². The van der Waals surface area contributed by atoms with E-state index in [0.29, 0.717) is 17.9 Å². The first-order valence-corrected chi connectivity index (χ1v) is 9.93. The summed E-state index contributed by atoms with van der Waals surface area (Å²) in [7, 11) is 0. The number of nitrogens with zero attached hydrogens (tertiary/aromatic N) is 4. The zero-order valence-electron chi connectivity index (χ0n) is 14.6. The standard InChI is InChI=1S/C17H15ClIN5O5/c18-17-22-13(20-5-7-2-1-3-8(19)4-7)9-14(23-17)24(6-21-9)15-11(26)10(25)12(29-15)16(27)28/h1-4,6,10-12,15,25-26H,5H2,(H,27,28)(H,20,22,23)/t10-,11+,12-,15+/m0/s1.